The monoisotopic (exact) mass is 273 g/mol. The molecule has 0 saturated heterocycles. The fourth-order valence-electron chi connectivity index (χ4n) is 1.98. The molecule has 5 nitrogen and oxygen atoms in total. The van der Waals surface area contributed by atoms with Crippen molar-refractivity contribution in [1.29, 1.82) is 0 Å². The third-order valence-corrected chi connectivity index (χ3v) is 2.95. The first-order valence-electron chi connectivity index (χ1n) is 6.34. The van der Waals surface area contributed by atoms with Gasteiger partial charge in [0.25, 0.3) is 0 Å². The number of phenolic OH excluding ortho intramolecular Hbond substituents is 1. The lowest BCUT2D eigenvalue weighted by molar-refractivity contribution is 0.400. The molecule has 1 aromatic carbocycles. The largest absolute Gasteiger partial charge is 0.508 e. The second-order valence-electron chi connectivity index (χ2n) is 4.63. The number of methoxy groups -OCH3 is 1. The van der Waals surface area contributed by atoms with Gasteiger partial charge in [-0.15, -0.1) is 0 Å². The molecule has 0 aliphatic heterocycles. The third-order valence-electron chi connectivity index (χ3n) is 2.95. The van der Waals surface area contributed by atoms with Crippen molar-refractivity contribution in [3.63, 3.8) is 0 Å². The quantitative estimate of drug-likeness (QED) is 0.876. The van der Waals surface area contributed by atoms with Crippen LogP contribution in [0.1, 0.15) is 5.56 Å². The minimum atomic E-state index is 0.260. The van der Waals surface area contributed by atoms with Gasteiger partial charge in [0.15, 0.2) is 0 Å². The van der Waals surface area contributed by atoms with E-state index in [1.165, 1.54) is 0 Å². The Labute approximate surface area is 118 Å². The Balaban J connectivity index is 2.24. The highest BCUT2D eigenvalue weighted by atomic mass is 16.5. The van der Waals surface area contributed by atoms with Crippen LogP contribution < -0.4 is 15.0 Å². The molecule has 0 amide bonds. The predicted molar refractivity (Wildman–Crippen MR) is 80.5 cm³/mol. The summed E-state index contributed by atoms with van der Waals surface area (Å²) in [6.07, 6.45) is 1.72. The number of benzene rings is 1. The summed E-state index contributed by atoms with van der Waals surface area (Å²) in [4.78, 5) is 6.20. The average molecular weight is 273 g/mol. The summed E-state index contributed by atoms with van der Waals surface area (Å²) in [5, 5.41) is 12.8. The Morgan fingerprint density at radius 2 is 2.10 bits per heavy atom. The zero-order valence-electron chi connectivity index (χ0n) is 11.9. The number of phenols is 1. The SMILES string of the molecule is COc1nccc(N(C)C)c1NCc1cccc(O)c1. The summed E-state index contributed by atoms with van der Waals surface area (Å²) < 4.78 is 5.30. The highest BCUT2D eigenvalue weighted by Gasteiger charge is 2.11. The van der Waals surface area contributed by atoms with Gasteiger partial charge < -0.3 is 20.1 Å². The van der Waals surface area contributed by atoms with Crippen LogP contribution in [0.25, 0.3) is 0 Å². The lowest BCUT2D eigenvalue weighted by Gasteiger charge is -2.20. The van der Waals surface area contributed by atoms with E-state index in [2.05, 4.69) is 10.3 Å². The van der Waals surface area contributed by atoms with Crippen molar-refractivity contribution < 1.29 is 9.84 Å². The van der Waals surface area contributed by atoms with Gasteiger partial charge in [-0.25, -0.2) is 4.98 Å². The van der Waals surface area contributed by atoms with Crippen molar-refractivity contribution in [3.05, 3.63) is 42.1 Å². The number of anilines is 2. The maximum absolute atomic E-state index is 9.48. The molecule has 0 saturated carbocycles. The maximum atomic E-state index is 9.48. The van der Waals surface area contributed by atoms with Gasteiger partial charge in [-0.2, -0.15) is 0 Å². The minimum Gasteiger partial charge on any atom is -0.508 e. The van der Waals surface area contributed by atoms with E-state index in [-0.39, 0.29) is 5.75 Å². The van der Waals surface area contributed by atoms with E-state index in [9.17, 15) is 5.11 Å². The van der Waals surface area contributed by atoms with E-state index in [0.29, 0.717) is 12.4 Å². The molecule has 0 fully saturated rings. The molecule has 0 bridgehead atoms. The van der Waals surface area contributed by atoms with Crippen LogP contribution in [-0.4, -0.2) is 31.3 Å². The molecule has 1 heterocycles. The number of ether oxygens (including phenoxy) is 1. The van der Waals surface area contributed by atoms with Gasteiger partial charge in [-0.1, -0.05) is 12.1 Å². The van der Waals surface area contributed by atoms with Crippen LogP contribution in [0.5, 0.6) is 11.6 Å². The first kappa shape index (κ1) is 14.0. The van der Waals surface area contributed by atoms with Crippen LogP contribution in [0, 0.1) is 0 Å². The molecule has 0 unspecified atom stereocenters. The number of aromatic hydroxyl groups is 1. The molecule has 0 atom stereocenters. The standard InChI is InChI=1S/C15H19N3O2/c1-18(2)13-7-8-16-15(20-3)14(13)17-10-11-5-4-6-12(19)9-11/h4-9,17,19H,10H2,1-3H3. The number of hydrogen-bond acceptors (Lipinski definition) is 5. The molecule has 0 aliphatic carbocycles. The van der Waals surface area contributed by atoms with Crippen molar-refractivity contribution in [2.75, 3.05) is 31.4 Å². The molecule has 1 aromatic heterocycles. The van der Waals surface area contributed by atoms with Crippen molar-refractivity contribution >= 4 is 11.4 Å². The van der Waals surface area contributed by atoms with Gasteiger partial charge in [0.05, 0.1) is 12.8 Å². The van der Waals surface area contributed by atoms with E-state index in [1.54, 1.807) is 25.4 Å². The molecule has 106 valence electrons. The van der Waals surface area contributed by atoms with Crippen molar-refractivity contribution in [2.45, 2.75) is 6.54 Å². The molecule has 2 rings (SSSR count). The fourth-order valence-corrected chi connectivity index (χ4v) is 1.98. The van der Waals surface area contributed by atoms with Gasteiger partial charge in [-0.05, 0) is 23.8 Å². The molecule has 0 aliphatic rings. The van der Waals surface area contributed by atoms with E-state index in [1.807, 2.05) is 37.2 Å². The highest BCUT2D eigenvalue weighted by molar-refractivity contribution is 5.74. The third kappa shape index (κ3) is 3.12. The Hall–Kier alpha value is -2.43. The summed E-state index contributed by atoms with van der Waals surface area (Å²) >= 11 is 0. The van der Waals surface area contributed by atoms with E-state index in [0.717, 1.165) is 16.9 Å². The zero-order chi connectivity index (χ0) is 14.5. The van der Waals surface area contributed by atoms with E-state index < -0.39 is 0 Å². The van der Waals surface area contributed by atoms with Gasteiger partial charge in [-0.3, -0.25) is 0 Å². The van der Waals surface area contributed by atoms with E-state index >= 15 is 0 Å². The highest BCUT2D eigenvalue weighted by Crippen LogP contribution is 2.32. The summed E-state index contributed by atoms with van der Waals surface area (Å²) in [5.41, 5.74) is 2.82. The molecule has 2 aromatic rings. The second kappa shape index (κ2) is 6.14. The number of aromatic nitrogens is 1. The molecular weight excluding hydrogens is 254 g/mol. The molecule has 20 heavy (non-hydrogen) atoms. The van der Waals surface area contributed by atoms with Crippen molar-refractivity contribution in [2.24, 2.45) is 0 Å². The lowest BCUT2D eigenvalue weighted by Crippen LogP contribution is -2.13. The van der Waals surface area contributed by atoms with Crippen molar-refractivity contribution in [1.82, 2.24) is 4.98 Å². The van der Waals surface area contributed by atoms with Crippen LogP contribution >= 0.6 is 0 Å². The number of hydrogen-bond donors (Lipinski definition) is 2. The summed E-state index contributed by atoms with van der Waals surface area (Å²) in [5.74, 6) is 0.812. The Morgan fingerprint density at radius 1 is 1.30 bits per heavy atom. The first-order valence-corrected chi connectivity index (χ1v) is 6.34. The summed E-state index contributed by atoms with van der Waals surface area (Å²) in [7, 11) is 5.53. The fraction of sp³-hybridized carbons (Fsp3) is 0.267. The van der Waals surface area contributed by atoms with Gasteiger partial charge in [0.2, 0.25) is 5.88 Å². The summed E-state index contributed by atoms with van der Waals surface area (Å²) in [6.45, 7) is 0.581. The molecular formula is C15H19N3O2. The normalized spacial score (nSPS) is 10.2. The van der Waals surface area contributed by atoms with Gasteiger partial charge in [0, 0.05) is 26.8 Å². The molecule has 5 heteroatoms. The van der Waals surface area contributed by atoms with Crippen LogP contribution in [0.4, 0.5) is 11.4 Å². The van der Waals surface area contributed by atoms with Crippen molar-refractivity contribution in [3.8, 4) is 11.6 Å². The second-order valence-corrected chi connectivity index (χ2v) is 4.63. The summed E-state index contributed by atoms with van der Waals surface area (Å²) in [6, 6.07) is 9.07. The first-order chi connectivity index (χ1) is 9.61. The minimum absolute atomic E-state index is 0.260. The topological polar surface area (TPSA) is 57.6 Å². The zero-order valence-corrected chi connectivity index (χ0v) is 11.9. The number of rotatable bonds is 5. The molecule has 0 radical (unpaired) electrons. The molecule has 0 spiro atoms. The van der Waals surface area contributed by atoms with E-state index in [4.69, 9.17) is 4.74 Å². The van der Waals surface area contributed by atoms with Crippen LogP contribution in [0.3, 0.4) is 0 Å². The lowest BCUT2D eigenvalue weighted by atomic mass is 10.2. The smallest absolute Gasteiger partial charge is 0.239 e. The Morgan fingerprint density at radius 3 is 2.75 bits per heavy atom. The van der Waals surface area contributed by atoms with Gasteiger partial charge >= 0.3 is 0 Å². The van der Waals surface area contributed by atoms with Crippen LogP contribution in [0.15, 0.2) is 36.5 Å². The van der Waals surface area contributed by atoms with Gasteiger partial charge in [0.1, 0.15) is 11.4 Å². The molecule has 2 N–H and O–H groups in total. The Bertz CT molecular complexity index is 585. The number of nitrogens with zero attached hydrogens (tertiary/aromatic N) is 2. The van der Waals surface area contributed by atoms with Crippen LogP contribution in [-0.2, 0) is 6.54 Å². The van der Waals surface area contributed by atoms with Crippen LogP contribution in [0.2, 0.25) is 0 Å². The Kier molecular flexibility index (Phi) is 4.30. The average Bonchev–Trinajstić information content (AvgIpc) is 2.44. The number of nitrogens with one attached hydrogen (secondary N) is 1. The predicted octanol–water partition coefficient (Wildman–Crippen LogP) is 2.47. The number of pyridine rings is 1. The maximum Gasteiger partial charge on any atom is 0.239 e.